The maximum Gasteiger partial charge on any atom is 0.241 e. The molecule has 0 spiro atoms. The summed E-state index contributed by atoms with van der Waals surface area (Å²) in [7, 11) is 0. The van der Waals surface area contributed by atoms with Crippen molar-refractivity contribution in [1.82, 2.24) is 9.80 Å². The molecule has 1 unspecified atom stereocenters. The van der Waals surface area contributed by atoms with Gasteiger partial charge in [-0.25, -0.2) is 0 Å². The highest BCUT2D eigenvalue weighted by molar-refractivity contribution is 5.96. The molecule has 2 saturated heterocycles. The Hall–Kier alpha value is -1.92. The van der Waals surface area contributed by atoms with Gasteiger partial charge < -0.3 is 14.5 Å². The van der Waals surface area contributed by atoms with Crippen LogP contribution in [0.5, 0.6) is 0 Å². The van der Waals surface area contributed by atoms with E-state index in [9.17, 15) is 9.59 Å². The molecule has 3 heterocycles. The molecule has 4 rings (SSSR count). The van der Waals surface area contributed by atoms with Crippen molar-refractivity contribution in [3.63, 3.8) is 0 Å². The van der Waals surface area contributed by atoms with E-state index < -0.39 is 0 Å². The summed E-state index contributed by atoms with van der Waals surface area (Å²) in [5, 5.41) is 0. The van der Waals surface area contributed by atoms with E-state index in [0.717, 1.165) is 51.1 Å². The molecule has 3 aliphatic rings. The zero-order valence-corrected chi connectivity index (χ0v) is 15.2. The van der Waals surface area contributed by atoms with Crippen LogP contribution in [0.15, 0.2) is 24.3 Å². The molecule has 0 aromatic heterocycles. The SMILES string of the molecule is O=C(C1CCOC1)N1CCCN(CC(=O)N2CCc3ccccc32)CC1. The number of hydrogen-bond acceptors (Lipinski definition) is 4. The molecule has 0 radical (unpaired) electrons. The Labute approximate surface area is 154 Å². The van der Waals surface area contributed by atoms with Crippen molar-refractivity contribution in [2.24, 2.45) is 5.92 Å². The second kappa shape index (κ2) is 7.76. The summed E-state index contributed by atoms with van der Waals surface area (Å²) in [5.41, 5.74) is 2.32. The van der Waals surface area contributed by atoms with Gasteiger partial charge in [0.15, 0.2) is 0 Å². The lowest BCUT2D eigenvalue weighted by atomic mass is 10.1. The van der Waals surface area contributed by atoms with Crippen LogP contribution in [0.3, 0.4) is 0 Å². The Morgan fingerprint density at radius 1 is 1.08 bits per heavy atom. The predicted octanol–water partition coefficient (Wildman–Crippen LogP) is 1.15. The van der Waals surface area contributed by atoms with Gasteiger partial charge in [0.05, 0.1) is 19.1 Å². The number of para-hydroxylation sites is 1. The molecule has 6 heteroatoms. The van der Waals surface area contributed by atoms with Crippen molar-refractivity contribution < 1.29 is 14.3 Å². The molecule has 0 bridgehead atoms. The number of rotatable bonds is 3. The van der Waals surface area contributed by atoms with Gasteiger partial charge in [0.2, 0.25) is 11.8 Å². The van der Waals surface area contributed by atoms with Crippen LogP contribution in [0.4, 0.5) is 5.69 Å². The maximum absolute atomic E-state index is 12.8. The molecule has 6 nitrogen and oxygen atoms in total. The van der Waals surface area contributed by atoms with Crippen molar-refractivity contribution in [2.45, 2.75) is 19.3 Å². The van der Waals surface area contributed by atoms with Crippen LogP contribution in [0, 0.1) is 5.92 Å². The molecule has 0 aliphatic carbocycles. The molecule has 140 valence electrons. The van der Waals surface area contributed by atoms with E-state index in [1.807, 2.05) is 28.0 Å². The standard InChI is InChI=1S/C20H27N3O3/c24-19(23-10-6-16-4-1-2-5-18(16)23)14-21-8-3-9-22(12-11-21)20(25)17-7-13-26-15-17/h1-2,4-5,17H,3,6-15H2. The van der Waals surface area contributed by atoms with Crippen molar-refractivity contribution >= 4 is 17.5 Å². The average molecular weight is 357 g/mol. The van der Waals surface area contributed by atoms with E-state index >= 15 is 0 Å². The third-order valence-electron chi connectivity index (χ3n) is 5.73. The highest BCUT2D eigenvalue weighted by Gasteiger charge is 2.30. The first-order valence-corrected chi connectivity index (χ1v) is 9.69. The Kier molecular flexibility index (Phi) is 5.22. The summed E-state index contributed by atoms with van der Waals surface area (Å²) >= 11 is 0. The Morgan fingerprint density at radius 3 is 2.81 bits per heavy atom. The average Bonchev–Trinajstić information content (AvgIpc) is 3.28. The van der Waals surface area contributed by atoms with Crippen molar-refractivity contribution in [2.75, 3.05) is 57.4 Å². The highest BCUT2D eigenvalue weighted by Crippen LogP contribution is 2.27. The minimum Gasteiger partial charge on any atom is -0.381 e. The quantitative estimate of drug-likeness (QED) is 0.814. The van der Waals surface area contributed by atoms with E-state index in [2.05, 4.69) is 11.0 Å². The van der Waals surface area contributed by atoms with Gasteiger partial charge in [-0.3, -0.25) is 14.5 Å². The number of hydrogen-bond donors (Lipinski definition) is 0. The summed E-state index contributed by atoms with van der Waals surface area (Å²) < 4.78 is 5.35. The van der Waals surface area contributed by atoms with Crippen LogP contribution in [0.25, 0.3) is 0 Å². The highest BCUT2D eigenvalue weighted by atomic mass is 16.5. The van der Waals surface area contributed by atoms with Crippen molar-refractivity contribution in [1.29, 1.82) is 0 Å². The Morgan fingerprint density at radius 2 is 1.96 bits per heavy atom. The first-order chi connectivity index (χ1) is 12.7. The first-order valence-electron chi connectivity index (χ1n) is 9.69. The van der Waals surface area contributed by atoms with Crippen LogP contribution in [0.1, 0.15) is 18.4 Å². The summed E-state index contributed by atoms with van der Waals surface area (Å²) in [6, 6.07) is 8.16. The fourth-order valence-electron chi connectivity index (χ4n) is 4.21. The molecule has 0 N–H and O–H groups in total. The number of nitrogens with zero attached hydrogens (tertiary/aromatic N) is 3. The van der Waals surface area contributed by atoms with E-state index in [4.69, 9.17) is 4.74 Å². The van der Waals surface area contributed by atoms with Crippen LogP contribution in [0.2, 0.25) is 0 Å². The minimum absolute atomic E-state index is 0.0317. The number of fused-ring (bicyclic) bond motifs is 1. The topological polar surface area (TPSA) is 53.1 Å². The minimum atomic E-state index is 0.0317. The van der Waals surface area contributed by atoms with Gasteiger partial charge in [-0.2, -0.15) is 0 Å². The number of carbonyl (C=O) groups excluding carboxylic acids is 2. The summed E-state index contributed by atoms with van der Waals surface area (Å²) in [5.74, 6) is 0.423. The Bertz CT molecular complexity index is 672. The first kappa shape index (κ1) is 17.5. The van der Waals surface area contributed by atoms with E-state index in [1.54, 1.807) is 0 Å². The Balaban J connectivity index is 1.32. The molecule has 1 atom stereocenters. The molecule has 3 aliphatic heterocycles. The van der Waals surface area contributed by atoms with Crippen molar-refractivity contribution in [3.8, 4) is 0 Å². The zero-order valence-electron chi connectivity index (χ0n) is 15.2. The third-order valence-corrected chi connectivity index (χ3v) is 5.73. The van der Waals surface area contributed by atoms with Gasteiger partial charge in [-0.05, 0) is 30.9 Å². The number of ether oxygens (including phenoxy) is 1. The second-order valence-corrected chi connectivity index (χ2v) is 7.44. The fourth-order valence-corrected chi connectivity index (χ4v) is 4.21. The van der Waals surface area contributed by atoms with Gasteiger partial charge in [0.1, 0.15) is 0 Å². The predicted molar refractivity (Wildman–Crippen MR) is 99.1 cm³/mol. The van der Waals surface area contributed by atoms with Gasteiger partial charge in [-0.1, -0.05) is 18.2 Å². The number of amides is 2. The lowest BCUT2D eigenvalue weighted by molar-refractivity contribution is -0.135. The van der Waals surface area contributed by atoms with Gasteiger partial charge in [-0.15, -0.1) is 0 Å². The number of benzene rings is 1. The summed E-state index contributed by atoms with van der Waals surface area (Å²) in [6.07, 6.45) is 2.70. The van der Waals surface area contributed by atoms with E-state index in [1.165, 1.54) is 5.56 Å². The summed E-state index contributed by atoms with van der Waals surface area (Å²) in [6.45, 7) is 5.59. The van der Waals surface area contributed by atoms with Crippen LogP contribution in [-0.2, 0) is 20.7 Å². The second-order valence-electron chi connectivity index (χ2n) is 7.44. The smallest absolute Gasteiger partial charge is 0.241 e. The van der Waals surface area contributed by atoms with E-state index in [-0.39, 0.29) is 17.7 Å². The fraction of sp³-hybridized carbons (Fsp3) is 0.600. The molecule has 1 aromatic rings. The van der Waals surface area contributed by atoms with Crippen molar-refractivity contribution in [3.05, 3.63) is 29.8 Å². The molecule has 26 heavy (non-hydrogen) atoms. The molecule has 1 aromatic carbocycles. The molecular formula is C20H27N3O3. The monoisotopic (exact) mass is 357 g/mol. The van der Waals surface area contributed by atoms with Gasteiger partial charge in [0, 0.05) is 45.0 Å². The molecular weight excluding hydrogens is 330 g/mol. The van der Waals surface area contributed by atoms with Crippen LogP contribution in [-0.4, -0.2) is 74.1 Å². The zero-order chi connectivity index (χ0) is 17.9. The maximum atomic E-state index is 12.8. The van der Waals surface area contributed by atoms with Gasteiger partial charge >= 0.3 is 0 Å². The largest absolute Gasteiger partial charge is 0.381 e. The molecule has 2 fully saturated rings. The lowest BCUT2D eigenvalue weighted by Crippen LogP contribution is -2.42. The normalized spacial score (nSPS) is 23.8. The van der Waals surface area contributed by atoms with E-state index in [0.29, 0.717) is 26.3 Å². The van der Waals surface area contributed by atoms with Crippen LogP contribution >= 0.6 is 0 Å². The third kappa shape index (κ3) is 3.62. The number of carbonyl (C=O) groups is 2. The molecule has 0 saturated carbocycles. The number of anilines is 1. The molecule has 2 amide bonds. The lowest BCUT2D eigenvalue weighted by Gasteiger charge is -2.25. The van der Waals surface area contributed by atoms with Gasteiger partial charge in [0.25, 0.3) is 0 Å². The summed E-state index contributed by atoms with van der Waals surface area (Å²) in [4.78, 5) is 31.5. The van der Waals surface area contributed by atoms with Crippen LogP contribution < -0.4 is 4.90 Å².